The highest BCUT2D eigenvalue weighted by molar-refractivity contribution is 9.10. The quantitative estimate of drug-likeness (QED) is 0.866. The second-order valence-electron chi connectivity index (χ2n) is 4.68. The van der Waals surface area contributed by atoms with Gasteiger partial charge in [0.05, 0.1) is 15.7 Å². The molecule has 3 nitrogen and oxygen atoms in total. The van der Waals surface area contributed by atoms with E-state index in [4.69, 9.17) is 0 Å². The molecule has 0 fully saturated rings. The minimum atomic E-state index is -0.320. The van der Waals surface area contributed by atoms with Crippen LogP contribution in [0.5, 0.6) is 0 Å². The summed E-state index contributed by atoms with van der Waals surface area (Å²) in [5.74, 6) is -0.442. The SMILES string of the molecule is CN1c2ccccc2C(=O)NC1c1ccc(F)c(Br)c1. The van der Waals surface area contributed by atoms with Gasteiger partial charge in [-0.05, 0) is 45.8 Å². The molecule has 0 spiro atoms. The molecule has 1 unspecified atom stereocenters. The van der Waals surface area contributed by atoms with Crippen LogP contribution in [0.2, 0.25) is 0 Å². The van der Waals surface area contributed by atoms with Crippen molar-refractivity contribution in [1.82, 2.24) is 5.32 Å². The minimum Gasteiger partial charge on any atom is -0.350 e. The molecule has 102 valence electrons. The highest BCUT2D eigenvalue weighted by Gasteiger charge is 2.29. The molecule has 2 aromatic rings. The number of benzene rings is 2. The lowest BCUT2D eigenvalue weighted by molar-refractivity contribution is 0.0928. The zero-order chi connectivity index (χ0) is 14.3. The van der Waals surface area contributed by atoms with Gasteiger partial charge in [-0.1, -0.05) is 18.2 Å². The molecule has 0 saturated carbocycles. The summed E-state index contributed by atoms with van der Waals surface area (Å²) in [7, 11) is 1.90. The summed E-state index contributed by atoms with van der Waals surface area (Å²) in [5, 5.41) is 2.93. The van der Waals surface area contributed by atoms with Crippen molar-refractivity contribution in [3.05, 3.63) is 63.9 Å². The molecule has 1 atom stereocenters. The third-order valence-electron chi connectivity index (χ3n) is 3.44. The van der Waals surface area contributed by atoms with E-state index in [-0.39, 0.29) is 17.9 Å². The predicted octanol–water partition coefficient (Wildman–Crippen LogP) is 3.47. The number of hydrogen-bond donors (Lipinski definition) is 1. The van der Waals surface area contributed by atoms with Crippen molar-refractivity contribution in [2.75, 3.05) is 11.9 Å². The molecule has 2 aromatic carbocycles. The van der Waals surface area contributed by atoms with Gasteiger partial charge in [-0.25, -0.2) is 4.39 Å². The van der Waals surface area contributed by atoms with Crippen LogP contribution in [0.4, 0.5) is 10.1 Å². The van der Waals surface area contributed by atoms with Crippen LogP contribution in [-0.4, -0.2) is 13.0 Å². The van der Waals surface area contributed by atoms with E-state index in [0.29, 0.717) is 10.0 Å². The molecular formula is C15H12BrFN2O. The average molecular weight is 335 g/mol. The largest absolute Gasteiger partial charge is 0.350 e. The first kappa shape index (κ1) is 13.1. The molecule has 3 rings (SSSR count). The summed E-state index contributed by atoms with van der Waals surface area (Å²) >= 11 is 3.17. The van der Waals surface area contributed by atoms with Crippen molar-refractivity contribution in [1.29, 1.82) is 0 Å². The Bertz CT molecular complexity index is 689. The number of carbonyl (C=O) groups excluding carboxylic acids is 1. The van der Waals surface area contributed by atoms with Crippen molar-refractivity contribution in [3.8, 4) is 0 Å². The molecule has 1 aliphatic heterocycles. The standard InChI is InChI=1S/C15H12BrFN2O/c1-19-13-5-3-2-4-10(13)15(20)18-14(19)9-6-7-12(17)11(16)8-9/h2-8,14H,1H3,(H,18,20). The Kier molecular flexibility index (Phi) is 3.22. The van der Waals surface area contributed by atoms with Crippen LogP contribution in [0, 0.1) is 5.82 Å². The lowest BCUT2D eigenvalue weighted by atomic mass is 10.0. The van der Waals surface area contributed by atoms with Crippen molar-refractivity contribution in [2.24, 2.45) is 0 Å². The lowest BCUT2D eigenvalue weighted by Gasteiger charge is -2.36. The van der Waals surface area contributed by atoms with E-state index in [2.05, 4.69) is 21.2 Å². The maximum absolute atomic E-state index is 13.3. The van der Waals surface area contributed by atoms with Gasteiger partial charge >= 0.3 is 0 Å². The van der Waals surface area contributed by atoms with Crippen LogP contribution in [0.1, 0.15) is 22.1 Å². The topological polar surface area (TPSA) is 32.3 Å². The van der Waals surface area contributed by atoms with E-state index >= 15 is 0 Å². The predicted molar refractivity (Wildman–Crippen MR) is 79.2 cm³/mol. The summed E-state index contributed by atoms with van der Waals surface area (Å²) in [6.45, 7) is 0. The monoisotopic (exact) mass is 334 g/mol. The van der Waals surface area contributed by atoms with Gasteiger partial charge in [0.2, 0.25) is 0 Å². The maximum atomic E-state index is 13.3. The number of rotatable bonds is 1. The van der Waals surface area contributed by atoms with Crippen LogP contribution >= 0.6 is 15.9 Å². The fourth-order valence-corrected chi connectivity index (χ4v) is 2.80. The molecule has 1 aliphatic rings. The second-order valence-corrected chi connectivity index (χ2v) is 5.53. The Morgan fingerprint density at radius 2 is 2.00 bits per heavy atom. The summed E-state index contributed by atoms with van der Waals surface area (Å²) in [6, 6.07) is 12.2. The molecule has 20 heavy (non-hydrogen) atoms. The van der Waals surface area contributed by atoms with Crippen LogP contribution < -0.4 is 10.2 Å². The van der Waals surface area contributed by atoms with E-state index in [9.17, 15) is 9.18 Å². The summed E-state index contributed by atoms with van der Waals surface area (Å²) in [5.41, 5.74) is 2.33. The number of amides is 1. The normalized spacial score (nSPS) is 17.6. The minimum absolute atomic E-state index is 0.121. The highest BCUT2D eigenvalue weighted by atomic mass is 79.9. The second kappa shape index (κ2) is 4.90. The molecule has 5 heteroatoms. The van der Waals surface area contributed by atoms with E-state index in [1.54, 1.807) is 18.2 Å². The Hall–Kier alpha value is -1.88. The highest BCUT2D eigenvalue weighted by Crippen LogP contribution is 2.32. The van der Waals surface area contributed by atoms with Crippen molar-refractivity contribution in [2.45, 2.75) is 6.17 Å². The smallest absolute Gasteiger partial charge is 0.255 e. The van der Waals surface area contributed by atoms with E-state index in [0.717, 1.165) is 11.3 Å². The Morgan fingerprint density at radius 1 is 1.25 bits per heavy atom. The average Bonchev–Trinajstić information content (AvgIpc) is 2.46. The Labute approximate surface area is 124 Å². The first-order valence-corrected chi connectivity index (χ1v) is 6.95. The third kappa shape index (κ3) is 2.08. The zero-order valence-corrected chi connectivity index (χ0v) is 12.3. The van der Waals surface area contributed by atoms with Crippen LogP contribution in [0.15, 0.2) is 46.9 Å². The van der Waals surface area contributed by atoms with Gasteiger partial charge in [-0.3, -0.25) is 4.79 Å². The molecular weight excluding hydrogens is 323 g/mol. The van der Waals surface area contributed by atoms with E-state index in [1.807, 2.05) is 30.1 Å². The van der Waals surface area contributed by atoms with Crippen molar-refractivity contribution < 1.29 is 9.18 Å². The van der Waals surface area contributed by atoms with E-state index in [1.165, 1.54) is 6.07 Å². The number of hydrogen-bond acceptors (Lipinski definition) is 2. The Morgan fingerprint density at radius 3 is 2.75 bits per heavy atom. The van der Waals surface area contributed by atoms with Crippen LogP contribution in [-0.2, 0) is 0 Å². The van der Waals surface area contributed by atoms with Gasteiger partial charge in [0, 0.05) is 7.05 Å². The van der Waals surface area contributed by atoms with Gasteiger partial charge in [-0.15, -0.1) is 0 Å². The third-order valence-corrected chi connectivity index (χ3v) is 4.05. The molecule has 1 heterocycles. The zero-order valence-electron chi connectivity index (χ0n) is 10.7. The number of nitrogens with one attached hydrogen (secondary N) is 1. The van der Waals surface area contributed by atoms with Crippen LogP contribution in [0.3, 0.4) is 0 Å². The fourth-order valence-electron chi connectivity index (χ4n) is 2.40. The van der Waals surface area contributed by atoms with Gasteiger partial charge < -0.3 is 10.2 Å². The van der Waals surface area contributed by atoms with Crippen molar-refractivity contribution in [3.63, 3.8) is 0 Å². The molecule has 0 saturated heterocycles. The van der Waals surface area contributed by atoms with Gasteiger partial charge in [0.25, 0.3) is 5.91 Å². The number of para-hydroxylation sites is 1. The molecule has 0 radical (unpaired) electrons. The Balaban J connectivity index is 2.04. The van der Waals surface area contributed by atoms with Crippen LogP contribution in [0.25, 0.3) is 0 Å². The van der Waals surface area contributed by atoms with Gasteiger partial charge in [-0.2, -0.15) is 0 Å². The van der Waals surface area contributed by atoms with Crippen molar-refractivity contribution >= 4 is 27.5 Å². The molecule has 0 aromatic heterocycles. The summed E-state index contributed by atoms with van der Waals surface area (Å²) < 4.78 is 13.7. The summed E-state index contributed by atoms with van der Waals surface area (Å²) in [6.07, 6.45) is -0.311. The first-order valence-electron chi connectivity index (χ1n) is 6.15. The number of fused-ring (bicyclic) bond motifs is 1. The summed E-state index contributed by atoms with van der Waals surface area (Å²) in [4.78, 5) is 14.1. The maximum Gasteiger partial charge on any atom is 0.255 e. The number of halogens is 2. The van der Waals surface area contributed by atoms with E-state index < -0.39 is 0 Å². The molecule has 0 aliphatic carbocycles. The fraction of sp³-hybridized carbons (Fsp3) is 0.133. The van der Waals surface area contributed by atoms with Gasteiger partial charge in [0.15, 0.2) is 0 Å². The lowest BCUT2D eigenvalue weighted by Crippen LogP contribution is -2.44. The number of anilines is 1. The number of carbonyl (C=O) groups is 1. The van der Waals surface area contributed by atoms with Gasteiger partial charge in [0.1, 0.15) is 12.0 Å². The first-order chi connectivity index (χ1) is 9.58. The number of nitrogens with zero attached hydrogens (tertiary/aromatic N) is 1. The molecule has 1 N–H and O–H groups in total. The molecule has 0 bridgehead atoms. The molecule has 1 amide bonds.